The molecule has 4 rings (SSSR count). The van der Waals surface area contributed by atoms with Gasteiger partial charge in [0, 0.05) is 31.0 Å². The van der Waals surface area contributed by atoms with E-state index in [1.807, 2.05) is 41.1 Å². The Labute approximate surface area is 166 Å². The summed E-state index contributed by atoms with van der Waals surface area (Å²) in [5.41, 5.74) is 2.05. The SMILES string of the molecule is Cl.O=C(CC1COCCN1)Nc1cc(C2CCCC2)nn1-c1ccccc1. The number of aromatic nitrogens is 2. The monoisotopic (exact) mass is 390 g/mol. The summed E-state index contributed by atoms with van der Waals surface area (Å²) < 4.78 is 7.30. The van der Waals surface area contributed by atoms with Gasteiger partial charge in [-0.3, -0.25) is 4.79 Å². The van der Waals surface area contributed by atoms with Crippen LogP contribution >= 0.6 is 12.4 Å². The average molecular weight is 391 g/mol. The number of carbonyl (C=O) groups excluding carboxylic acids is 1. The first-order chi connectivity index (χ1) is 12.8. The molecule has 0 spiro atoms. The van der Waals surface area contributed by atoms with E-state index in [9.17, 15) is 4.79 Å². The highest BCUT2D eigenvalue weighted by atomic mass is 35.5. The van der Waals surface area contributed by atoms with Crippen LogP contribution in [0.25, 0.3) is 5.69 Å². The Kier molecular flexibility index (Phi) is 6.88. The number of amides is 1. The lowest BCUT2D eigenvalue weighted by atomic mass is 10.0. The van der Waals surface area contributed by atoms with Crippen molar-refractivity contribution < 1.29 is 9.53 Å². The van der Waals surface area contributed by atoms with E-state index in [0.717, 1.165) is 23.7 Å². The molecule has 6 nitrogen and oxygen atoms in total. The highest BCUT2D eigenvalue weighted by Gasteiger charge is 2.23. The molecule has 2 aromatic rings. The number of rotatable bonds is 5. The summed E-state index contributed by atoms with van der Waals surface area (Å²) in [6, 6.07) is 12.1. The summed E-state index contributed by atoms with van der Waals surface area (Å²) in [5.74, 6) is 1.24. The van der Waals surface area contributed by atoms with Gasteiger partial charge in [0.05, 0.1) is 24.6 Å². The first kappa shape index (κ1) is 19.9. The predicted molar refractivity (Wildman–Crippen MR) is 108 cm³/mol. The Balaban J connectivity index is 0.00000210. The summed E-state index contributed by atoms with van der Waals surface area (Å²) in [6.45, 7) is 2.09. The Hall–Kier alpha value is -1.89. The highest BCUT2D eigenvalue weighted by molar-refractivity contribution is 5.90. The molecule has 1 aromatic heterocycles. The van der Waals surface area contributed by atoms with Crippen LogP contribution in [0.3, 0.4) is 0 Å². The molecule has 1 aliphatic heterocycles. The second-order valence-corrected chi connectivity index (χ2v) is 7.16. The van der Waals surface area contributed by atoms with Gasteiger partial charge >= 0.3 is 0 Å². The normalized spacial score (nSPS) is 20.2. The zero-order valence-electron chi connectivity index (χ0n) is 15.4. The maximum atomic E-state index is 12.5. The van der Waals surface area contributed by atoms with Crippen molar-refractivity contribution in [2.24, 2.45) is 0 Å². The van der Waals surface area contributed by atoms with E-state index in [1.165, 1.54) is 25.7 Å². The van der Waals surface area contributed by atoms with Gasteiger partial charge in [0.15, 0.2) is 0 Å². The molecular formula is C20H27ClN4O2. The molecule has 2 N–H and O–H groups in total. The highest BCUT2D eigenvalue weighted by Crippen LogP contribution is 2.35. The molecule has 27 heavy (non-hydrogen) atoms. The quantitative estimate of drug-likeness (QED) is 0.822. The fourth-order valence-corrected chi connectivity index (χ4v) is 3.84. The zero-order chi connectivity index (χ0) is 17.8. The number of benzene rings is 1. The number of hydrogen-bond acceptors (Lipinski definition) is 4. The van der Waals surface area contributed by atoms with Crippen molar-refractivity contribution in [2.45, 2.75) is 44.1 Å². The largest absolute Gasteiger partial charge is 0.378 e. The lowest BCUT2D eigenvalue weighted by Gasteiger charge is -2.23. The number of anilines is 1. The number of carbonyl (C=O) groups is 1. The van der Waals surface area contributed by atoms with Crippen LogP contribution in [-0.2, 0) is 9.53 Å². The number of nitrogens with one attached hydrogen (secondary N) is 2. The molecule has 2 aliphatic rings. The van der Waals surface area contributed by atoms with Gasteiger partial charge in [-0.1, -0.05) is 31.0 Å². The van der Waals surface area contributed by atoms with Gasteiger partial charge in [-0.05, 0) is 25.0 Å². The Morgan fingerprint density at radius 3 is 2.74 bits per heavy atom. The lowest BCUT2D eigenvalue weighted by Crippen LogP contribution is -2.43. The van der Waals surface area contributed by atoms with Gasteiger partial charge in [-0.25, -0.2) is 4.68 Å². The molecule has 0 bridgehead atoms. The first-order valence-electron chi connectivity index (χ1n) is 9.56. The van der Waals surface area contributed by atoms with Crippen molar-refractivity contribution in [3.8, 4) is 5.69 Å². The summed E-state index contributed by atoms with van der Waals surface area (Å²) >= 11 is 0. The molecule has 7 heteroatoms. The van der Waals surface area contributed by atoms with E-state index in [0.29, 0.717) is 25.6 Å². The second kappa shape index (κ2) is 9.35. The van der Waals surface area contributed by atoms with Gasteiger partial charge in [-0.2, -0.15) is 5.10 Å². The van der Waals surface area contributed by atoms with E-state index in [1.54, 1.807) is 0 Å². The minimum atomic E-state index is -0.0111. The van der Waals surface area contributed by atoms with Crippen molar-refractivity contribution in [1.82, 2.24) is 15.1 Å². The lowest BCUT2D eigenvalue weighted by molar-refractivity contribution is -0.117. The second-order valence-electron chi connectivity index (χ2n) is 7.16. The molecule has 1 saturated carbocycles. The summed E-state index contributed by atoms with van der Waals surface area (Å²) in [6.07, 6.45) is 5.29. The standard InChI is InChI=1S/C20H26N4O2.ClH/c25-20(12-16-14-26-11-10-21-16)22-19-13-18(15-6-4-5-7-15)23-24(19)17-8-2-1-3-9-17;/h1-3,8-9,13,15-16,21H,4-7,10-12,14H2,(H,22,25);1H. The third-order valence-electron chi connectivity index (χ3n) is 5.20. The molecular weight excluding hydrogens is 364 g/mol. The molecule has 1 unspecified atom stereocenters. The summed E-state index contributed by atoms with van der Waals surface area (Å²) in [5, 5.41) is 11.2. The molecule has 146 valence electrons. The van der Waals surface area contributed by atoms with Gasteiger partial charge in [0.2, 0.25) is 5.91 Å². The molecule has 1 amide bonds. The minimum Gasteiger partial charge on any atom is -0.378 e. The fourth-order valence-electron chi connectivity index (χ4n) is 3.84. The average Bonchev–Trinajstić information content (AvgIpc) is 3.33. The van der Waals surface area contributed by atoms with Crippen molar-refractivity contribution in [3.63, 3.8) is 0 Å². The van der Waals surface area contributed by atoms with Crippen LogP contribution in [0, 0.1) is 0 Å². The van der Waals surface area contributed by atoms with Crippen molar-refractivity contribution >= 4 is 24.1 Å². The molecule has 1 aromatic carbocycles. The minimum absolute atomic E-state index is 0. The molecule has 2 heterocycles. The van der Waals surface area contributed by atoms with Gasteiger partial charge in [-0.15, -0.1) is 12.4 Å². The van der Waals surface area contributed by atoms with Crippen LogP contribution in [0.15, 0.2) is 36.4 Å². The number of morpholine rings is 1. The third-order valence-corrected chi connectivity index (χ3v) is 5.20. The van der Waals surface area contributed by atoms with E-state index in [4.69, 9.17) is 9.84 Å². The zero-order valence-corrected chi connectivity index (χ0v) is 16.2. The molecule has 1 atom stereocenters. The van der Waals surface area contributed by atoms with Gasteiger partial charge < -0.3 is 15.4 Å². The van der Waals surface area contributed by atoms with Crippen molar-refractivity contribution in [3.05, 3.63) is 42.1 Å². The summed E-state index contributed by atoms with van der Waals surface area (Å²) in [4.78, 5) is 12.5. The maximum absolute atomic E-state index is 12.5. The third kappa shape index (κ3) is 4.89. The van der Waals surface area contributed by atoms with Crippen LogP contribution in [0.1, 0.15) is 43.7 Å². The van der Waals surface area contributed by atoms with Gasteiger partial charge in [0.1, 0.15) is 5.82 Å². The molecule has 0 radical (unpaired) electrons. The Morgan fingerprint density at radius 2 is 2.04 bits per heavy atom. The molecule has 1 aliphatic carbocycles. The van der Waals surface area contributed by atoms with Gasteiger partial charge in [0.25, 0.3) is 0 Å². The fraction of sp³-hybridized carbons (Fsp3) is 0.500. The Bertz CT molecular complexity index is 738. The van der Waals surface area contributed by atoms with E-state index in [2.05, 4.69) is 10.6 Å². The number of para-hydroxylation sites is 1. The van der Waals surface area contributed by atoms with Crippen LogP contribution in [0.5, 0.6) is 0 Å². The van der Waals surface area contributed by atoms with Crippen LogP contribution < -0.4 is 10.6 Å². The number of nitrogens with zero attached hydrogens (tertiary/aromatic N) is 2. The van der Waals surface area contributed by atoms with Crippen LogP contribution in [0.4, 0.5) is 5.82 Å². The topological polar surface area (TPSA) is 68.2 Å². The molecule has 2 fully saturated rings. The summed E-state index contributed by atoms with van der Waals surface area (Å²) in [7, 11) is 0. The van der Waals surface area contributed by atoms with E-state index >= 15 is 0 Å². The van der Waals surface area contributed by atoms with Crippen molar-refractivity contribution in [2.75, 3.05) is 25.1 Å². The van der Waals surface area contributed by atoms with E-state index in [-0.39, 0.29) is 24.4 Å². The number of halogens is 1. The molecule has 1 saturated heterocycles. The maximum Gasteiger partial charge on any atom is 0.227 e. The predicted octanol–water partition coefficient (Wildman–Crippen LogP) is 3.27. The van der Waals surface area contributed by atoms with Crippen LogP contribution in [-0.4, -0.2) is 41.5 Å². The first-order valence-corrected chi connectivity index (χ1v) is 9.56. The Morgan fingerprint density at radius 1 is 1.26 bits per heavy atom. The van der Waals surface area contributed by atoms with Crippen LogP contribution in [0.2, 0.25) is 0 Å². The smallest absolute Gasteiger partial charge is 0.227 e. The number of hydrogen-bond donors (Lipinski definition) is 2. The van der Waals surface area contributed by atoms with Crippen molar-refractivity contribution in [1.29, 1.82) is 0 Å². The number of ether oxygens (including phenoxy) is 1. The van der Waals surface area contributed by atoms with E-state index < -0.39 is 0 Å².